The monoisotopic (exact) mass is 404 g/mol. The Kier molecular flexibility index (Phi) is 7.43. The molecule has 0 aliphatic carbocycles. The van der Waals surface area contributed by atoms with Gasteiger partial charge in [-0.2, -0.15) is 0 Å². The second-order valence-corrected chi connectivity index (χ2v) is 8.67. The molecule has 1 fully saturated rings. The van der Waals surface area contributed by atoms with Gasteiger partial charge < -0.3 is 10.1 Å². The second-order valence-electron chi connectivity index (χ2n) is 6.73. The zero-order valence-corrected chi connectivity index (χ0v) is 17.0. The van der Waals surface area contributed by atoms with Crippen LogP contribution < -0.4 is 5.32 Å². The van der Waals surface area contributed by atoms with Crippen molar-refractivity contribution in [3.8, 4) is 0 Å². The maximum Gasteiger partial charge on any atom is 0.233 e. The summed E-state index contributed by atoms with van der Waals surface area (Å²) in [4.78, 5) is 29.3. The Morgan fingerprint density at radius 2 is 2.04 bits per heavy atom. The summed E-state index contributed by atoms with van der Waals surface area (Å²) in [6.07, 6.45) is 4.48. The molecule has 1 aromatic carbocycles. The van der Waals surface area contributed by atoms with E-state index in [1.165, 1.54) is 23.1 Å². The SMILES string of the molecule is CC(=O)CSc1ccc(C(CC2CCOCC2)C(=O)Nc2nccs2)cc1. The lowest BCUT2D eigenvalue weighted by Gasteiger charge is -2.26. The predicted molar refractivity (Wildman–Crippen MR) is 109 cm³/mol. The average Bonchev–Trinajstić information content (AvgIpc) is 3.19. The molecular formula is C20H24N2O3S2. The van der Waals surface area contributed by atoms with Gasteiger partial charge in [0.25, 0.3) is 0 Å². The number of benzene rings is 1. The minimum Gasteiger partial charge on any atom is -0.381 e. The number of rotatable bonds is 8. The van der Waals surface area contributed by atoms with Crippen LogP contribution in [0.25, 0.3) is 0 Å². The first kappa shape index (κ1) is 20.0. The van der Waals surface area contributed by atoms with E-state index in [1.807, 2.05) is 29.6 Å². The molecule has 5 nitrogen and oxygen atoms in total. The van der Waals surface area contributed by atoms with E-state index in [9.17, 15) is 9.59 Å². The lowest BCUT2D eigenvalue weighted by molar-refractivity contribution is -0.118. The molecule has 1 atom stereocenters. The molecule has 0 saturated carbocycles. The van der Waals surface area contributed by atoms with Gasteiger partial charge in [-0.25, -0.2) is 4.98 Å². The molecule has 1 aliphatic heterocycles. The highest BCUT2D eigenvalue weighted by molar-refractivity contribution is 8.00. The van der Waals surface area contributed by atoms with Gasteiger partial charge in [-0.15, -0.1) is 23.1 Å². The second kappa shape index (κ2) is 10.0. The third kappa shape index (κ3) is 6.16. The molecule has 1 aliphatic rings. The van der Waals surface area contributed by atoms with E-state index in [1.54, 1.807) is 13.1 Å². The molecular weight excluding hydrogens is 380 g/mol. The minimum absolute atomic E-state index is 0.0134. The topological polar surface area (TPSA) is 68.3 Å². The van der Waals surface area contributed by atoms with Crippen molar-refractivity contribution in [1.29, 1.82) is 0 Å². The molecule has 1 saturated heterocycles. The van der Waals surface area contributed by atoms with Crippen molar-refractivity contribution in [2.24, 2.45) is 5.92 Å². The summed E-state index contributed by atoms with van der Waals surface area (Å²) in [6.45, 7) is 3.13. The number of carbonyl (C=O) groups excluding carboxylic acids is 2. The molecule has 0 radical (unpaired) electrons. The maximum absolute atomic E-state index is 13.0. The average molecular weight is 405 g/mol. The smallest absolute Gasteiger partial charge is 0.233 e. The fraction of sp³-hybridized carbons (Fsp3) is 0.450. The molecule has 2 aromatic rings. The normalized spacial score (nSPS) is 16.0. The van der Waals surface area contributed by atoms with E-state index >= 15 is 0 Å². The molecule has 144 valence electrons. The number of ether oxygens (including phenoxy) is 1. The van der Waals surface area contributed by atoms with Gasteiger partial charge in [-0.1, -0.05) is 12.1 Å². The number of amides is 1. The van der Waals surface area contributed by atoms with Gasteiger partial charge in [0.05, 0.1) is 11.7 Å². The number of nitrogens with one attached hydrogen (secondary N) is 1. The third-order valence-corrected chi connectivity index (χ3v) is 6.46. The zero-order chi connectivity index (χ0) is 19.1. The van der Waals surface area contributed by atoms with Gasteiger partial charge >= 0.3 is 0 Å². The van der Waals surface area contributed by atoms with Crippen LogP contribution in [0.4, 0.5) is 5.13 Å². The van der Waals surface area contributed by atoms with E-state index in [4.69, 9.17) is 4.74 Å². The number of hydrogen-bond donors (Lipinski definition) is 1. The fourth-order valence-electron chi connectivity index (χ4n) is 3.17. The standard InChI is InChI=1S/C20H24N2O3S2/c1-14(23)13-27-17-4-2-16(3-5-17)18(12-15-6-9-25-10-7-15)19(24)22-20-21-8-11-26-20/h2-5,8,11,15,18H,6-7,9-10,12-13H2,1H3,(H,21,22,24). The van der Waals surface area contributed by atoms with E-state index in [0.29, 0.717) is 16.8 Å². The molecule has 1 unspecified atom stereocenters. The molecule has 1 amide bonds. The lowest BCUT2D eigenvalue weighted by atomic mass is 9.84. The van der Waals surface area contributed by atoms with Crippen LogP contribution in [-0.4, -0.2) is 35.6 Å². The van der Waals surface area contributed by atoms with Gasteiger partial charge in [0, 0.05) is 29.7 Å². The van der Waals surface area contributed by atoms with E-state index in [2.05, 4.69) is 10.3 Å². The van der Waals surface area contributed by atoms with Crippen LogP contribution in [0.5, 0.6) is 0 Å². The van der Waals surface area contributed by atoms with Crippen LogP contribution in [0.15, 0.2) is 40.7 Å². The summed E-state index contributed by atoms with van der Waals surface area (Å²) < 4.78 is 5.46. The number of anilines is 1. The largest absolute Gasteiger partial charge is 0.381 e. The first-order valence-corrected chi connectivity index (χ1v) is 11.0. The zero-order valence-electron chi connectivity index (χ0n) is 15.3. The van der Waals surface area contributed by atoms with Gasteiger partial charge in [-0.05, 0) is 49.8 Å². The van der Waals surface area contributed by atoms with Crippen molar-refractivity contribution in [3.05, 3.63) is 41.4 Å². The number of hydrogen-bond acceptors (Lipinski definition) is 6. The Morgan fingerprint density at radius 1 is 1.30 bits per heavy atom. The Bertz CT molecular complexity index is 741. The summed E-state index contributed by atoms with van der Waals surface area (Å²) in [5.41, 5.74) is 1.00. The molecule has 27 heavy (non-hydrogen) atoms. The van der Waals surface area contributed by atoms with Crippen LogP contribution in [0, 0.1) is 5.92 Å². The van der Waals surface area contributed by atoms with Crippen molar-refractivity contribution in [1.82, 2.24) is 4.98 Å². The lowest BCUT2D eigenvalue weighted by Crippen LogP contribution is -2.26. The summed E-state index contributed by atoms with van der Waals surface area (Å²) in [7, 11) is 0. The van der Waals surface area contributed by atoms with Gasteiger partial charge in [0.2, 0.25) is 5.91 Å². The maximum atomic E-state index is 13.0. The first-order chi connectivity index (χ1) is 13.1. The van der Waals surface area contributed by atoms with Crippen molar-refractivity contribution in [2.45, 2.75) is 37.0 Å². The number of ketones is 1. The Labute approximate surface area is 167 Å². The third-order valence-electron chi connectivity index (χ3n) is 4.61. The Hall–Kier alpha value is -1.70. The van der Waals surface area contributed by atoms with Crippen LogP contribution >= 0.6 is 23.1 Å². The first-order valence-electron chi connectivity index (χ1n) is 9.12. The van der Waals surface area contributed by atoms with Crippen molar-refractivity contribution >= 4 is 39.9 Å². The summed E-state index contributed by atoms with van der Waals surface area (Å²) in [6, 6.07) is 8.01. The van der Waals surface area contributed by atoms with E-state index in [0.717, 1.165) is 42.9 Å². The van der Waals surface area contributed by atoms with Crippen molar-refractivity contribution in [3.63, 3.8) is 0 Å². The number of aromatic nitrogens is 1. The fourth-order valence-corrected chi connectivity index (χ4v) is 4.40. The quantitative estimate of drug-likeness (QED) is 0.662. The summed E-state index contributed by atoms with van der Waals surface area (Å²) >= 11 is 2.95. The highest BCUT2D eigenvalue weighted by atomic mass is 32.2. The molecule has 2 heterocycles. The number of Topliss-reactive ketones (excluding diaryl/α,β-unsaturated/α-hetero) is 1. The van der Waals surface area contributed by atoms with Gasteiger partial charge in [-0.3, -0.25) is 9.59 Å². The highest BCUT2D eigenvalue weighted by Gasteiger charge is 2.26. The summed E-state index contributed by atoms with van der Waals surface area (Å²) in [5.74, 6) is 0.876. The Morgan fingerprint density at radius 3 is 2.67 bits per heavy atom. The molecule has 1 aromatic heterocycles. The number of carbonyl (C=O) groups is 2. The van der Waals surface area contributed by atoms with Crippen LogP contribution in [0.1, 0.15) is 37.7 Å². The van der Waals surface area contributed by atoms with Gasteiger partial charge in [0.1, 0.15) is 5.78 Å². The predicted octanol–water partition coefficient (Wildman–Crippen LogP) is 4.36. The number of thioether (sulfide) groups is 1. The minimum atomic E-state index is -0.219. The molecule has 3 rings (SSSR count). The van der Waals surface area contributed by atoms with Crippen molar-refractivity contribution < 1.29 is 14.3 Å². The Balaban J connectivity index is 1.73. The highest BCUT2D eigenvalue weighted by Crippen LogP contribution is 2.32. The van der Waals surface area contributed by atoms with Crippen LogP contribution in [0.3, 0.4) is 0 Å². The molecule has 7 heteroatoms. The number of thiazole rings is 1. The van der Waals surface area contributed by atoms with Crippen LogP contribution in [-0.2, 0) is 14.3 Å². The molecule has 0 bridgehead atoms. The van der Waals surface area contributed by atoms with E-state index < -0.39 is 0 Å². The number of nitrogens with zero attached hydrogens (tertiary/aromatic N) is 1. The van der Waals surface area contributed by atoms with E-state index in [-0.39, 0.29) is 17.6 Å². The van der Waals surface area contributed by atoms with Crippen LogP contribution in [0.2, 0.25) is 0 Å². The van der Waals surface area contributed by atoms with Gasteiger partial charge in [0.15, 0.2) is 5.13 Å². The summed E-state index contributed by atoms with van der Waals surface area (Å²) in [5, 5.41) is 5.43. The molecule has 1 N–H and O–H groups in total. The van der Waals surface area contributed by atoms with Crippen molar-refractivity contribution in [2.75, 3.05) is 24.3 Å². The molecule has 0 spiro atoms.